The van der Waals surface area contributed by atoms with Crippen molar-refractivity contribution in [3.05, 3.63) is 48.7 Å². The van der Waals surface area contributed by atoms with Gasteiger partial charge in [0.05, 0.1) is 30.1 Å². The Bertz CT molecular complexity index is 856. The summed E-state index contributed by atoms with van der Waals surface area (Å²) >= 11 is 0. The zero-order chi connectivity index (χ0) is 17.2. The molecule has 7 heteroatoms. The number of aromatic nitrogens is 6. The summed E-state index contributed by atoms with van der Waals surface area (Å²) in [5, 5.41) is 0. The average molecular weight is 335 g/mol. The van der Waals surface area contributed by atoms with Crippen molar-refractivity contribution >= 4 is 5.82 Å². The quantitative estimate of drug-likeness (QED) is 0.726. The molecule has 25 heavy (non-hydrogen) atoms. The molecule has 1 fully saturated rings. The van der Waals surface area contributed by atoms with Crippen LogP contribution in [-0.4, -0.2) is 42.6 Å². The minimum atomic E-state index is 0.576. The summed E-state index contributed by atoms with van der Waals surface area (Å²) in [4.78, 5) is 24.3. The van der Waals surface area contributed by atoms with Crippen LogP contribution in [0, 0.1) is 12.8 Å². The van der Waals surface area contributed by atoms with Gasteiger partial charge >= 0.3 is 0 Å². The number of aryl methyl sites for hydroxylation is 2. The van der Waals surface area contributed by atoms with E-state index in [1.165, 1.54) is 0 Å². The molecule has 0 spiro atoms. The van der Waals surface area contributed by atoms with Gasteiger partial charge in [0.2, 0.25) is 0 Å². The molecule has 0 saturated carbocycles. The van der Waals surface area contributed by atoms with Crippen LogP contribution in [0.3, 0.4) is 0 Å². The van der Waals surface area contributed by atoms with E-state index in [2.05, 4.69) is 29.8 Å². The largest absolute Gasteiger partial charge is 0.356 e. The molecule has 0 aliphatic carbocycles. The van der Waals surface area contributed by atoms with E-state index in [-0.39, 0.29) is 0 Å². The maximum Gasteiger partial charge on any atom is 0.132 e. The van der Waals surface area contributed by atoms with E-state index < -0.39 is 0 Å². The van der Waals surface area contributed by atoms with Gasteiger partial charge in [-0.15, -0.1) is 0 Å². The maximum absolute atomic E-state index is 4.60. The average Bonchev–Trinajstić information content (AvgIpc) is 3.25. The summed E-state index contributed by atoms with van der Waals surface area (Å²) < 4.78 is 1.95. The Morgan fingerprint density at radius 1 is 1.16 bits per heavy atom. The number of anilines is 1. The lowest BCUT2D eigenvalue weighted by Crippen LogP contribution is -2.21. The first-order valence-electron chi connectivity index (χ1n) is 8.51. The van der Waals surface area contributed by atoms with Gasteiger partial charge in [-0.1, -0.05) is 0 Å². The smallest absolute Gasteiger partial charge is 0.132 e. The zero-order valence-corrected chi connectivity index (χ0v) is 14.5. The van der Waals surface area contributed by atoms with Crippen LogP contribution in [0.1, 0.15) is 17.9 Å². The summed E-state index contributed by atoms with van der Waals surface area (Å²) in [6.07, 6.45) is 11.2. The molecule has 1 aliphatic heterocycles. The SMILES string of the molecule is Cc1nccc(N2CCC(Cc3cnc(-c4cncn4C)cn3)C2)n1. The summed E-state index contributed by atoms with van der Waals surface area (Å²) in [5.74, 6) is 2.41. The summed E-state index contributed by atoms with van der Waals surface area (Å²) in [5.41, 5.74) is 2.87. The molecule has 1 unspecified atom stereocenters. The van der Waals surface area contributed by atoms with Crippen molar-refractivity contribution in [3.63, 3.8) is 0 Å². The monoisotopic (exact) mass is 335 g/mol. The highest BCUT2D eigenvalue weighted by Crippen LogP contribution is 2.24. The van der Waals surface area contributed by atoms with Crippen molar-refractivity contribution in [2.45, 2.75) is 19.8 Å². The fourth-order valence-corrected chi connectivity index (χ4v) is 3.32. The Hall–Kier alpha value is -2.83. The number of rotatable bonds is 4. The van der Waals surface area contributed by atoms with Crippen molar-refractivity contribution in [3.8, 4) is 11.4 Å². The number of nitrogens with zero attached hydrogens (tertiary/aromatic N) is 7. The Morgan fingerprint density at radius 2 is 2.08 bits per heavy atom. The standard InChI is InChI=1S/C18H21N7/c1-13-20-5-3-18(23-13)25-6-4-14(11-25)7-15-8-22-16(9-21-15)17-10-19-12-24(17)2/h3,5,8-10,12,14H,4,6-7,11H2,1-2H3. The zero-order valence-electron chi connectivity index (χ0n) is 14.5. The highest BCUT2D eigenvalue weighted by Gasteiger charge is 2.24. The van der Waals surface area contributed by atoms with Gasteiger partial charge in [-0.05, 0) is 31.7 Å². The third-order valence-corrected chi connectivity index (χ3v) is 4.65. The first-order chi connectivity index (χ1) is 12.2. The Kier molecular flexibility index (Phi) is 4.13. The van der Waals surface area contributed by atoms with Crippen LogP contribution in [0.25, 0.3) is 11.4 Å². The molecule has 128 valence electrons. The molecule has 0 amide bonds. The summed E-state index contributed by atoms with van der Waals surface area (Å²) in [7, 11) is 1.96. The van der Waals surface area contributed by atoms with Crippen LogP contribution >= 0.6 is 0 Å². The molecule has 4 rings (SSSR count). The maximum atomic E-state index is 4.60. The van der Waals surface area contributed by atoms with Crippen LogP contribution in [0.2, 0.25) is 0 Å². The lowest BCUT2D eigenvalue weighted by Gasteiger charge is -2.17. The molecule has 0 N–H and O–H groups in total. The van der Waals surface area contributed by atoms with Crippen LogP contribution in [0.15, 0.2) is 37.2 Å². The van der Waals surface area contributed by atoms with Crippen molar-refractivity contribution < 1.29 is 0 Å². The minimum Gasteiger partial charge on any atom is -0.356 e. The fourth-order valence-electron chi connectivity index (χ4n) is 3.32. The van der Waals surface area contributed by atoms with Gasteiger partial charge in [0.25, 0.3) is 0 Å². The lowest BCUT2D eigenvalue weighted by atomic mass is 10.0. The van der Waals surface area contributed by atoms with Crippen LogP contribution < -0.4 is 4.90 Å². The second-order valence-electron chi connectivity index (χ2n) is 6.55. The van der Waals surface area contributed by atoms with Crippen LogP contribution in [-0.2, 0) is 13.5 Å². The molecule has 0 bridgehead atoms. The third kappa shape index (κ3) is 3.35. The molecular weight excluding hydrogens is 314 g/mol. The van der Waals surface area contributed by atoms with E-state index in [0.29, 0.717) is 5.92 Å². The highest BCUT2D eigenvalue weighted by atomic mass is 15.2. The molecule has 4 heterocycles. The fraction of sp³-hybridized carbons (Fsp3) is 0.389. The number of hydrogen-bond acceptors (Lipinski definition) is 6. The van der Waals surface area contributed by atoms with E-state index in [9.17, 15) is 0 Å². The number of hydrogen-bond donors (Lipinski definition) is 0. The predicted octanol–water partition coefficient (Wildman–Crippen LogP) is 2.04. The molecule has 1 atom stereocenters. The van der Waals surface area contributed by atoms with Gasteiger partial charge in [-0.25, -0.2) is 15.0 Å². The Labute approximate surface area is 146 Å². The lowest BCUT2D eigenvalue weighted by molar-refractivity contribution is 0.576. The summed E-state index contributed by atoms with van der Waals surface area (Å²) in [6, 6.07) is 1.98. The van der Waals surface area contributed by atoms with Gasteiger partial charge in [-0.2, -0.15) is 0 Å². The second-order valence-corrected chi connectivity index (χ2v) is 6.55. The molecule has 3 aromatic heterocycles. The molecule has 1 saturated heterocycles. The summed E-state index contributed by atoms with van der Waals surface area (Å²) in [6.45, 7) is 3.96. The Morgan fingerprint density at radius 3 is 2.80 bits per heavy atom. The van der Waals surface area contributed by atoms with Gasteiger partial charge in [-0.3, -0.25) is 9.97 Å². The number of imidazole rings is 1. The molecule has 3 aromatic rings. The van der Waals surface area contributed by atoms with Crippen LogP contribution in [0.5, 0.6) is 0 Å². The van der Waals surface area contributed by atoms with E-state index >= 15 is 0 Å². The molecule has 0 aromatic carbocycles. The molecule has 0 radical (unpaired) electrons. The third-order valence-electron chi connectivity index (χ3n) is 4.65. The van der Waals surface area contributed by atoms with E-state index in [1.54, 1.807) is 6.33 Å². The highest BCUT2D eigenvalue weighted by molar-refractivity contribution is 5.51. The Balaban J connectivity index is 1.41. The predicted molar refractivity (Wildman–Crippen MR) is 95.0 cm³/mol. The molecule has 1 aliphatic rings. The van der Waals surface area contributed by atoms with Crippen LogP contribution in [0.4, 0.5) is 5.82 Å². The van der Waals surface area contributed by atoms with Crippen molar-refractivity contribution in [2.24, 2.45) is 13.0 Å². The van der Waals surface area contributed by atoms with Gasteiger partial charge in [0.1, 0.15) is 17.3 Å². The van der Waals surface area contributed by atoms with Gasteiger partial charge in [0.15, 0.2) is 0 Å². The molecular formula is C18H21N7. The van der Waals surface area contributed by atoms with Crippen molar-refractivity contribution in [1.82, 2.24) is 29.5 Å². The van der Waals surface area contributed by atoms with E-state index in [0.717, 1.165) is 54.7 Å². The van der Waals surface area contributed by atoms with E-state index in [1.807, 2.05) is 49.4 Å². The minimum absolute atomic E-state index is 0.576. The van der Waals surface area contributed by atoms with Gasteiger partial charge in [0, 0.05) is 32.5 Å². The normalized spacial score (nSPS) is 17.2. The topological polar surface area (TPSA) is 72.6 Å². The first kappa shape index (κ1) is 15.7. The van der Waals surface area contributed by atoms with Gasteiger partial charge < -0.3 is 9.47 Å². The van der Waals surface area contributed by atoms with Crippen molar-refractivity contribution in [1.29, 1.82) is 0 Å². The molecule has 7 nitrogen and oxygen atoms in total. The van der Waals surface area contributed by atoms with E-state index in [4.69, 9.17) is 0 Å². The second kappa shape index (κ2) is 6.58. The van der Waals surface area contributed by atoms with Crippen molar-refractivity contribution in [2.75, 3.05) is 18.0 Å². The first-order valence-corrected chi connectivity index (χ1v) is 8.51.